The second kappa shape index (κ2) is 3.51. The summed E-state index contributed by atoms with van der Waals surface area (Å²) in [4.78, 5) is 7.35. The topological polar surface area (TPSA) is 49.6 Å². The molecule has 0 aliphatic rings. The van der Waals surface area contributed by atoms with Crippen LogP contribution in [-0.2, 0) is 6.42 Å². The van der Waals surface area contributed by atoms with E-state index in [2.05, 4.69) is 9.97 Å². The second-order valence-corrected chi connectivity index (χ2v) is 2.48. The Morgan fingerprint density at radius 2 is 1.91 bits per heavy atom. The lowest BCUT2D eigenvalue weighted by Gasteiger charge is -1.97. The fourth-order valence-corrected chi connectivity index (χ4v) is 1.04. The molecule has 0 atom stereocenters. The predicted molar refractivity (Wildman–Crippen MR) is 41.4 cm³/mol. The van der Waals surface area contributed by atoms with Gasteiger partial charge in [-0.3, -0.25) is 0 Å². The van der Waals surface area contributed by atoms with Gasteiger partial charge in [-0.05, 0) is 0 Å². The van der Waals surface area contributed by atoms with Crippen LogP contribution in [0.5, 0.6) is 0 Å². The van der Waals surface area contributed by atoms with E-state index in [9.17, 15) is 0 Å². The first-order valence-electron chi connectivity index (χ1n) is 2.77. The Kier molecular flexibility index (Phi) is 2.64. The number of nitriles is 1. The van der Waals surface area contributed by atoms with E-state index < -0.39 is 0 Å². The van der Waals surface area contributed by atoms with Crippen LogP contribution in [0.25, 0.3) is 0 Å². The number of rotatable bonds is 1. The van der Waals surface area contributed by atoms with Crippen LogP contribution in [0.15, 0.2) is 6.33 Å². The Labute approximate surface area is 73.6 Å². The van der Waals surface area contributed by atoms with Gasteiger partial charge in [-0.2, -0.15) is 5.26 Å². The molecule has 0 N–H and O–H groups in total. The third-order valence-corrected chi connectivity index (χ3v) is 1.75. The van der Waals surface area contributed by atoms with Crippen molar-refractivity contribution >= 4 is 23.2 Å². The molecule has 0 bridgehead atoms. The highest BCUT2D eigenvalue weighted by molar-refractivity contribution is 6.34. The van der Waals surface area contributed by atoms with Crippen molar-refractivity contribution in [1.82, 2.24) is 9.97 Å². The van der Waals surface area contributed by atoms with Crippen LogP contribution >= 0.6 is 23.2 Å². The van der Waals surface area contributed by atoms with Crippen LogP contribution in [-0.4, -0.2) is 9.97 Å². The number of hydrogen-bond acceptors (Lipinski definition) is 3. The first kappa shape index (κ1) is 8.25. The third-order valence-electron chi connectivity index (χ3n) is 1.10. The zero-order chi connectivity index (χ0) is 8.27. The van der Waals surface area contributed by atoms with Crippen molar-refractivity contribution in [3.05, 3.63) is 22.2 Å². The lowest BCUT2D eigenvalue weighted by atomic mass is 10.3. The number of hydrogen-bond donors (Lipinski definition) is 0. The van der Waals surface area contributed by atoms with E-state index in [4.69, 9.17) is 28.5 Å². The second-order valence-electron chi connectivity index (χ2n) is 1.77. The van der Waals surface area contributed by atoms with Crippen LogP contribution in [0.3, 0.4) is 0 Å². The van der Waals surface area contributed by atoms with Crippen molar-refractivity contribution in [1.29, 1.82) is 5.26 Å². The quantitative estimate of drug-likeness (QED) is 0.631. The molecular weight excluding hydrogens is 185 g/mol. The Hall–Kier alpha value is -0.850. The molecule has 11 heavy (non-hydrogen) atoms. The van der Waals surface area contributed by atoms with E-state index in [-0.39, 0.29) is 16.7 Å². The van der Waals surface area contributed by atoms with Gasteiger partial charge >= 0.3 is 0 Å². The molecule has 0 aliphatic heterocycles. The van der Waals surface area contributed by atoms with E-state index in [0.29, 0.717) is 5.56 Å². The van der Waals surface area contributed by atoms with E-state index >= 15 is 0 Å². The summed E-state index contributed by atoms with van der Waals surface area (Å²) < 4.78 is 0. The molecule has 0 unspecified atom stereocenters. The molecule has 1 aromatic rings. The zero-order valence-electron chi connectivity index (χ0n) is 5.38. The Morgan fingerprint density at radius 1 is 1.36 bits per heavy atom. The Morgan fingerprint density at radius 3 is 2.36 bits per heavy atom. The van der Waals surface area contributed by atoms with Gasteiger partial charge in [0.1, 0.15) is 16.6 Å². The van der Waals surface area contributed by atoms with E-state index in [1.54, 1.807) is 0 Å². The van der Waals surface area contributed by atoms with Crippen LogP contribution in [0, 0.1) is 11.3 Å². The molecule has 5 heteroatoms. The van der Waals surface area contributed by atoms with Crippen molar-refractivity contribution in [2.24, 2.45) is 0 Å². The summed E-state index contributed by atoms with van der Waals surface area (Å²) in [6, 6.07) is 1.92. The van der Waals surface area contributed by atoms with E-state index in [1.807, 2.05) is 6.07 Å². The highest BCUT2D eigenvalue weighted by Crippen LogP contribution is 2.19. The average Bonchev–Trinajstić information content (AvgIpc) is 1.97. The van der Waals surface area contributed by atoms with Gasteiger partial charge in [-0.1, -0.05) is 23.2 Å². The molecule has 1 rings (SSSR count). The molecule has 0 saturated heterocycles. The molecule has 0 radical (unpaired) electrons. The van der Waals surface area contributed by atoms with Gasteiger partial charge in [-0.15, -0.1) is 0 Å². The summed E-state index contributed by atoms with van der Waals surface area (Å²) in [6.07, 6.45) is 1.39. The highest BCUT2D eigenvalue weighted by Gasteiger charge is 2.05. The van der Waals surface area contributed by atoms with Gasteiger partial charge in [0.15, 0.2) is 0 Å². The molecule has 0 aromatic carbocycles. The molecule has 0 saturated carbocycles. The maximum Gasteiger partial charge on any atom is 0.138 e. The van der Waals surface area contributed by atoms with Gasteiger partial charge in [0.25, 0.3) is 0 Å². The van der Waals surface area contributed by atoms with Gasteiger partial charge in [-0.25, -0.2) is 9.97 Å². The summed E-state index contributed by atoms with van der Waals surface area (Å²) in [5.41, 5.74) is 0.485. The largest absolute Gasteiger partial charge is 0.224 e. The Bertz CT molecular complexity index is 285. The lowest BCUT2D eigenvalue weighted by molar-refractivity contribution is 1.09. The zero-order valence-corrected chi connectivity index (χ0v) is 6.89. The minimum atomic E-state index is 0.137. The third kappa shape index (κ3) is 1.79. The molecule has 0 fully saturated rings. The molecule has 3 nitrogen and oxygen atoms in total. The van der Waals surface area contributed by atoms with Crippen molar-refractivity contribution < 1.29 is 0 Å². The van der Waals surface area contributed by atoms with E-state index in [0.717, 1.165) is 0 Å². The van der Waals surface area contributed by atoms with E-state index in [1.165, 1.54) is 6.33 Å². The molecule has 0 spiro atoms. The molecule has 56 valence electrons. The van der Waals surface area contributed by atoms with Crippen molar-refractivity contribution in [2.75, 3.05) is 0 Å². The Balaban J connectivity index is 3.12. The number of aromatic nitrogens is 2. The minimum absolute atomic E-state index is 0.137. The first-order chi connectivity index (χ1) is 5.25. The van der Waals surface area contributed by atoms with Gasteiger partial charge in [0.05, 0.1) is 12.5 Å². The number of halogens is 2. The average molecular weight is 188 g/mol. The van der Waals surface area contributed by atoms with Crippen LogP contribution in [0.4, 0.5) is 0 Å². The van der Waals surface area contributed by atoms with Gasteiger partial charge in [0.2, 0.25) is 0 Å². The minimum Gasteiger partial charge on any atom is -0.224 e. The van der Waals surface area contributed by atoms with Crippen molar-refractivity contribution in [3.8, 4) is 6.07 Å². The molecule has 0 aliphatic carbocycles. The maximum atomic E-state index is 8.35. The van der Waals surface area contributed by atoms with Crippen molar-refractivity contribution in [3.63, 3.8) is 0 Å². The molecule has 0 amide bonds. The molecule has 1 heterocycles. The standard InChI is InChI=1S/C6H3Cl2N3/c7-5-4(1-2-9)6(8)11-3-10-5/h3H,1H2. The number of nitrogens with zero attached hydrogens (tertiary/aromatic N) is 3. The lowest BCUT2D eigenvalue weighted by Crippen LogP contribution is -1.91. The predicted octanol–water partition coefficient (Wildman–Crippen LogP) is 1.85. The van der Waals surface area contributed by atoms with Gasteiger partial charge in [0, 0.05) is 5.56 Å². The summed E-state index contributed by atoms with van der Waals surface area (Å²) in [5, 5.41) is 8.83. The molecular formula is C6H3Cl2N3. The monoisotopic (exact) mass is 187 g/mol. The fraction of sp³-hybridized carbons (Fsp3) is 0.167. The smallest absolute Gasteiger partial charge is 0.138 e. The summed E-state index contributed by atoms with van der Waals surface area (Å²) in [5.74, 6) is 0. The fourth-order valence-electron chi connectivity index (χ4n) is 0.596. The van der Waals surface area contributed by atoms with Gasteiger partial charge < -0.3 is 0 Å². The van der Waals surface area contributed by atoms with Crippen LogP contribution < -0.4 is 0 Å². The summed E-state index contributed by atoms with van der Waals surface area (Å²) in [6.45, 7) is 0. The first-order valence-corrected chi connectivity index (χ1v) is 3.53. The highest BCUT2D eigenvalue weighted by atomic mass is 35.5. The summed E-state index contributed by atoms with van der Waals surface area (Å²) in [7, 11) is 0. The van der Waals surface area contributed by atoms with Crippen LogP contribution in [0.1, 0.15) is 5.56 Å². The SMILES string of the molecule is N#CCc1c(Cl)ncnc1Cl. The maximum absolute atomic E-state index is 8.35. The van der Waals surface area contributed by atoms with Crippen molar-refractivity contribution in [2.45, 2.75) is 6.42 Å². The van der Waals surface area contributed by atoms with Crippen LogP contribution in [0.2, 0.25) is 10.3 Å². The molecule has 1 aromatic heterocycles. The normalized spacial score (nSPS) is 9.18. The summed E-state index contributed by atoms with van der Waals surface area (Å²) >= 11 is 11.2.